The van der Waals surface area contributed by atoms with Crippen LogP contribution in [0.4, 0.5) is 0 Å². The number of fused-ring (bicyclic) bond motifs is 1. The lowest BCUT2D eigenvalue weighted by Gasteiger charge is -2.40. The molecule has 12 heteroatoms. The number of piperidine rings is 1. The lowest BCUT2D eigenvalue weighted by atomic mass is 9.93. The van der Waals surface area contributed by atoms with Crippen molar-refractivity contribution in [3.63, 3.8) is 0 Å². The van der Waals surface area contributed by atoms with E-state index >= 15 is 0 Å². The van der Waals surface area contributed by atoms with Crippen molar-refractivity contribution in [2.24, 2.45) is 17.8 Å². The van der Waals surface area contributed by atoms with Gasteiger partial charge in [0, 0.05) is 33.1 Å². The first-order chi connectivity index (χ1) is 20.2. The molecule has 0 radical (unpaired) electrons. The third-order valence-electron chi connectivity index (χ3n) is 9.11. The van der Waals surface area contributed by atoms with Gasteiger partial charge in [-0.15, -0.1) is 0 Å². The number of hydrogen-bond donors (Lipinski definition) is 2. The second-order valence-electron chi connectivity index (χ2n) is 12.5. The monoisotopic (exact) mass is 607 g/mol. The molecule has 0 saturated carbocycles. The smallest absolute Gasteiger partial charge is 0.308 e. The van der Waals surface area contributed by atoms with Gasteiger partial charge in [0.25, 0.3) is 5.91 Å². The molecule has 2 N–H and O–H groups in total. The molecule has 5 amide bonds. The van der Waals surface area contributed by atoms with Crippen molar-refractivity contribution in [3.8, 4) is 0 Å². The Kier molecular flexibility index (Phi) is 13.4. The molecule has 0 bridgehead atoms. The minimum Gasteiger partial charge on any atom is -0.452 e. The number of esters is 1. The molecule has 12 nitrogen and oxygen atoms in total. The average Bonchev–Trinajstić information content (AvgIpc) is 2.99. The third kappa shape index (κ3) is 8.69. The number of nitrogens with zero attached hydrogens (tertiary/aromatic N) is 3. The Morgan fingerprint density at radius 2 is 1.47 bits per heavy atom. The number of carbonyl (C=O) groups is 6. The molecular weight excluding hydrogens is 554 g/mol. The van der Waals surface area contributed by atoms with E-state index in [0.717, 1.165) is 6.42 Å². The van der Waals surface area contributed by atoms with Crippen LogP contribution in [0.1, 0.15) is 87.0 Å². The molecule has 7 atom stereocenters. The number of rotatable bonds is 5. The third-order valence-corrected chi connectivity index (χ3v) is 9.11. The van der Waals surface area contributed by atoms with Gasteiger partial charge in [-0.2, -0.15) is 0 Å². The Balaban J connectivity index is 2.58. The van der Waals surface area contributed by atoms with Crippen molar-refractivity contribution in [3.05, 3.63) is 0 Å². The summed E-state index contributed by atoms with van der Waals surface area (Å²) in [6.45, 7) is 13.0. The van der Waals surface area contributed by atoms with Gasteiger partial charge in [0.2, 0.25) is 23.6 Å². The number of likely N-dealkylation sites (N-methyl/N-ethyl adjacent to an activating group) is 2. The molecule has 2 rings (SSSR count). The minimum absolute atomic E-state index is 0.0389. The topological polar surface area (TPSA) is 145 Å². The first-order valence-electron chi connectivity index (χ1n) is 15.8. The van der Waals surface area contributed by atoms with Gasteiger partial charge >= 0.3 is 5.97 Å². The van der Waals surface area contributed by atoms with E-state index in [1.54, 1.807) is 14.0 Å². The van der Waals surface area contributed by atoms with Crippen molar-refractivity contribution in [1.82, 2.24) is 25.3 Å². The van der Waals surface area contributed by atoms with Gasteiger partial charge in [0.15, 0.2) is 6.10 Å². The molecule has 0 aromatic rings. The van der Waals surface area contributed by atoms with E-state index in [9.17, 15) is 28.8 Å². The Labute approximate surface area is 256 Å². The van der Waals surface area contributed by atoms with Crippen LogP contribution in [0.5, 0.6) is 0 Å². The number of carbonyl (C=O) groups excluding carboxylic acids is 6. The van der Waals surface area contributed by atoms with Crippen molar-refractivity contribution in [2.75, 3.05) is 27.2 Å². The highest BCUT2D eigenvalue weighted by atomic mass is 16.5. The Morgan fingerprint density at radius 3 is 2.05 bits per heavy atom. The summed E-state index contributed by atoms with van der Waals surface area (Å²) in [5, 5.41) is 5.61. The predicted molar refractivity (Wildman–Crippen MR) is 161 cm³/mol. The van der Waals surface area contributed by atoms with Crippen LogP contribution in [-0.2, 0) is 33.5 Å². The SMILES string of the molecule is CCC(C)[C@H]1OC(=O)CCNC(=O)[C@H](C)N(C)C(=O)[C@@H](C(C)C)N(C)C(=O)C([C@@H](C)CC)NC(=O)[C@@H]2CCCCN2C1=O. The fraction of sp³-hybridized carbons (Fsp3) is 0.806. The Morgan fingerprint density at radius 1 is 0.837 bits per heavy atom. The zero-order chi connectivity index (χ0) is 32.6. The van der Waals surface area contributed by atoms with Gasteiger partial charge in [0.05, 0.1) is 6.42 Å². The van der Waals surface area contributed by atoms with E-state index in [4.69, 9.17) is 4.74 Å². The quantitative estimate of drug-likeness (QED) is 0.453. The van der Waals surface area contributed by atoms with Crippen LogP contribution in [0.25, 0.3) is 0 Å². The van der Waals surface area contributed by atoms with Crippen molar-refractivity contribution in [2.45, 2.75) is 117 Å². The maximum atomic E-state index is 14.0. The normalized spacial score (nSPS) is 29.2. The molecule has 2 aliphatic heterocycles. The second kappa shape index (κ2) is 16.0. The van der Waals surface area contributed by atoms with E-state index < -0.39 is 65.8 Å². The summed E-state index contributed by atoms with van der Waals surface area (Å²) in [6, 6.07) is -3.54. The predicted octanol–water partition coefficient (Wildman–Crippen LogP) is 1.71. The number of ether oxygens (including phenoxy) is 1. The Hall–Kier alpha value is -3.18. The maximum Gasteiger partial charge on any atom is 0.308 e. The lowest BCUT2D eigenvalue weighted by Crippen LogP contribution is -2.62. The van der Waals surface area contributed by atoms with Crippen molar-refractivity contribution >= 4 is 35.5 Å². The number of nitrogens with one attached hydrogen (secondary N) is 2. The van der Waals surface area contributed by atoms with Gasteiger partial charge in [-0.1, -0.05) is 48.0 Å². The summed E-state index contributed by atoms with van der Waals surface area (Å²) in [5.41, 5.74) is 0. The molecule has 0 aliphatic carbocycles. The molecule has 2 fully saturated rings. The zero-order valence-electron chi connectivity index (χ0n) is 27.5. The van der Waals surface area contributed by atoms with Gasteiger partial charge in [-0.3, -0.25) is 28.8 Å². The van der Waals surface area contributed by atoms with Crippen LogP contribution in [0.15, 0.2) is 0 Å². The summed E-state index contributed by atoms with van der Waals surface area (Å²) in [7, 11) is 3.05. The molecule has 244 valence electrons. The highest BCUT2D eigenvalue weighted by Gasteiger charge is 2.42. The first kappa shape index (κ1) is 36.0. The molecule has 2 saturated heterocycles. The highest BCUT2D eigenvalue weighted by Crippen LogP contribution is 2.24. The van der Waals surface area contributed by atoms with Crippen molar-refractivity contribution < 1.29 is 33.5 Å². The van der Waals surface area contributed by atoms with Crippen LogP contribution in [0.2, 0.25) is 0 Å². The molecule has 2 unspecified atom stereocenters. The summed E-state index contributed by atoms with van der Waals surface area (Å²) in [5.74, 6) is -3.68. The van der Waals surface area contributed by atoms with E-state index in [1.165, 1.54) is 21.7 Å². The summed E-state index contributed by atoms with van der Waals surface area (Å²) in [4.78, 5) is 85.3. The Bertz CT molecular complexity index is 1030. The fourth-order valence-corrected chi connectivity index (χ4v) is 5.65. The van der Waals surface area contributed by atoms with E-state index in [2.05, 4.69) is 10.6 Å². The van der Waals surface area contributed by atoms with Crippen LogP contribution < -0.4 is 10.6 Å². The van der Waals surface area contributed by atoms with Crippen LogP contribution in [0, 0.1) is 17.8 Å². The molecule has 43 heavy (non-hydrogen) atoms. The van der Waals surface area contributed by atoms with Gasteiger partial charge in [-0.05, 0) is 44.4 Å². The summed E-state index contributed by atoms with van der Waals surface area (Å²) < 4.78 is 5.68. The van der Waals surface area contributed by atoms with E-state index in [0.29, 0.717) is 32.2 Å². The highest BCUT2D eigenvalue weighted by molar-refractivity contribution is 5.96. The molecule has 0 aromatic heterocycles. The first-order valence-corrected chi connectivity index (χ1v) is 15.8. The van der Waals surface area contributed by atoms with Gasteiger partial charge in [-0.25, -0.2) is 0 Å². The zero-order valence-corrected chi connectivity index (χ0v) is 27.5. The van der Waals surface area contributed by atoms with Crippen LogP contribution in [0.3, 0.4) is 0 Å². The standard InChI is InChI=1S/C31H53N5O7/c1-10-19(5)24-29(40)35(9)25(18(3)4)30(41)34(8)21(7)27(38)32-16-15-23(37)43-26(20(6)11-2)31(42)36-17-13-12-14-22(36)28(39)33-24/h18-22,24-26H,10-17H2,1-9H3,(H,32,38)(H,33,39)/t19-,20?,21-,22-,24?,25+,26+/m0/s1. The summed E-state index contributed by atoms with van der Waals surface area (Å²) in [6.07, 6.45) is 1.74. The second-order valence-corrected chi connectivity index (χ2v) is 12.5. The van der Waals surface area contributed by atoms with Crippen molar-refractivity contribution in [1.29, 1.82) is 0 Å². The number of cyclic esters (lactones) is 1. The summed E-state index contributed by atoms with van der Waals surface area (Å²) >= 11 is 0. The average molecular weight is 608 g/mol. The largest absolute Gasteiger partial charge is 0.452 e. The molecule has 0 aromatic carbocycles. The van der Waals surface area contributed by atoms with E-state index in [-0.39, 0.29) is 30.7 Å². The molecule has 0 spiro atoms. The lowest BCUT2D eigenvalue weighted by molar-refractivity contribution is -0.166. The van der Waals surface area contributed by atoms with Gasteiger partial charge in [0.1, 0.15) is 24.2 Å². The van der Waals surface area contributed by atoms with Gasteiger partial charge < -0.3 is 30.1 Å². The number of hydrogen-bond acceptors (Lipinski definition) is 7. The van der Waals surface area contributed by atoms with Crippen LogP contribution >= 0.6 is 0 Å². The molecule has 2 aliphatic rings. The maximum absolute atomic E-state index is 14.0. The van der Waals surface area contributed by atoms with Crippen LogP contribution in [-0.4, -0.2) is 108 Å². The fourth-order valence-electron chi connectivity index (χ4n) is 5.65. The van der Waals surface area contributed by atoms with E-state index in [1.807, 2.05) is 41.5 Å². The number of amides is 5. The minimum atomic E-state index is -1.09. The molecule has 2 heterocycles. The molecular formula is C31H53N5O7.